The fourth-order valence-electron chi connectivity index (χ4n) is 8.21. The van der Waals surface area contributed by atoms with Gasteiger partial charge in [0.15, 0.2) is 0 Å². The number of hydrogen-bond donors (Lipinski definition) is 1. The van der Waals surface area contributed by atoms with Gasteiger partial charge in [-0.05, 0) is 72.7 Å². The Morgan fingerprint density at radius 1 is 0.900 bits per heavy atom. The molecule has 266 valence electrons. The van der Waals surface area contributed by atoms with Gasteiger partial charge in [0.2, 0.25) is 5.91 Å². The molecule has 0 spiro atoms. The number of nitrogens with zero attached hydrogens (tertiary/aromatic N) is 3. The first-order chi connectivity index (χ1) is 24.1. The third-order valence-corrected chi connectivity index (χ3v) is 10.7. The van der Waals surface area contributed by atoms with Gasteiger partial charge in [-0.2, -0.15) is 13.2 Å². The fraction of sp³-hybridized carbons (Fsp3) is 0.450. The van der Waals surface area contributed by atoms with Crippen LogP contribution in [0, 0.1) is 5.82 Å². The molecule has 6 nitrogen and oxygen atoms in total. The number of anilines is 1. The minimum atomic E-state index is -4.51. The Kier molecular flexibility index (Phi) is 11.0. The van der Waals surface area contributed by atoms with Gasteiger partial charge in [0.05, 0.1) is 5.69 Å². The molecule has 1 saturated heterocycles. The molecule has 0 bridgehead atoms. The zero-order valence-corrected chi connectivity index (χ0v) is 28.5. The number of nitrogens with one attached hydrogen (secondary N) is 1. The van der Waals surface area contributed by atoms with E-state index in [-0.39, 0.29) is 11.9 Å². The SMILES string of the molecule is C=CCN(C(=O)c1ccc(N2CCN(CCCCC3(C(=O)NCC(F)(F)F)c4ccccc4-c4ccccc43)CC2)c(F)c1)C1CCCCC1. The van der Waals surface area contributed by atoms with E-state index in [4.69, 9.17) is 0 Å². The van der Waals surface area contributed by atoms with Crippen LogP contribution in [-0.2, 0) is 10.2 Å². The number of benzene rings is 3. The lowest BCUT2D eigenvalue weighted by Gasteiger charge is -2.37. The first-order valence-electron chi connectivity index (χ1n) is 17.9. The van der Waals surface area contributed by atoms with E-state index in [1.807, 2.05) is 58.3 Å². The summed E-state index contributed by atoms with van der Waals surface area (Å²) < 4.78 is 55.1. The minimum absolute atomic E-state index is 0.156. The van der Waals surface area contributed by atoms with Crippen molar-refractivity contribution in [2.24, 2.45) is 0 Å². The molecule has 0 radical (unpaired) electrons. The van der Waals surface area contributed by atoms with Gasteiger partial charge in [-0.25, -0.2) is 4.39 Å². The van der Waals surface area contributed by atoms with E-state index < -0.39 is 29.9 Å². The van der Waals surface area contributed by atoms with Crippen LogP contribution in [0.3, 0.4) is 0 Å². The second-order valence-electron chi connectivity index (χ2n) is 13.8. The molecule has 0 atom stereocenters. The largest absolute Gasteiger partial charge is 0.405 e. The van der Waals surface area contributed by atoms with Gasteiger partial charge in [0.25, 0.3) is 5.91 Å². The number of hydrogen-bond acceptors (Lipinski definition) is 4. The molecule has 2 aliphatic carbocycles. The van der Waals surface area contributed by atoms with E-state index >= 15 is 4.39 Å². The molecule has 6 rings (SSSR count). The van der Waals surface area contributed by atoms with E-state index in [9.17, 15) is 22.8 Å². The van der Waals surface area contributed by atoms with Crippen LogP contribution in [0.1, 0.15) is 72.9 Å². The third-order valence-electron chi connectivity index (χ3n) is 10.7. The molecule has 0 unspecified atom stereocenters. The van der Waals surface area contributed by atoms with E-state index in [0.29, 0.717) is 43.7 Å². The number of carbonyl (C=O) groups is 2. The van der Waals surface area contributed by atoms with Crippen molar-refractivity contribution in [2.45, 2.75) is 69.0 Å². The van der Waals surface area contributed by atoms with Crippen molar-refractivity contribution in [3.8, 4) is 11.1 Å². The molecule has 1 aliphatic heterocycles. The molecule has 50 heavy (non-hydrogen) atoms. The lowest BCUT2D eigenvalue weighted by atomic mass is 9.73. The molecule has 2 amide bonds. The Morgan fingerprint density at radius 3 is 2.14 bits per heavy atom. The van der Waals surface area contributed by atoms with Crippen LogP contribution in [0.5, 0.6) is 0 Å². The van der Waals surface area contributed by atoms with Gasteiger partial charge < -0.3 is 15.1 Å². The highest BCUT2D eigenvalue weighted by Gasteiger charge is 2.49. The Balaban J connectivity index is 1.06. The van der Waals surface area contributed by atoms with Crippen LogP contribution in [-0.4, -0.2) is 79.6 Å². The van der Waals surface area contributed by atoms with E-state index in [2.05, 4.69) is 16.8 Å². The molecule has 1 saturated carbocycles. The zero-order valence-electron chi connectivity index (χ0n) is 28.5. The molecule has 3 aliphatic rings. The number of alkyl halides is 3. The van der Waals surface area contributed by atoms with Gasteiger partial charge in [0.1, 0.15) is 17.8 Å². The summed E-state index contributed by atoms with van der Waals surface area (Å²) in [6.07, 6.45) is 4.29. The van der Waals surface area contributed by atoms with Crippen LogP contribution >= 0.6 is 0 Å². The standard InChI is InChI=1S/C40H46F4N4O2/c1-2-21-48(30-12-4-3-5-13-30)37(49)29-18-19-36(35(41)27-29)47-25-23-46(24-26-47)22-11-10-20-39(38(50)45-28-40(42,43)44)33-16-8-6-14-31(33)32-15-7-9-17-34(32)39/h2,6-9,14-19,27,30H,1,3-5,10-13,20-26,28H2,(H,45,50). The summed E-state index contributed by atoms with van der Waals surface area (Å²) in [6, 6.07) is 20.0. The molecule has 0 aromatic heterocycles. The van der Waals surface area contributed by atoms with Crippen molar-refractivity contribution in [2.75, 3.05) is 50.7 Å². The predicted molar refractivity (Wildman–Crippen MR) is 189 cm³/mol. The Hall–Kier alpha value is -4.18. The zero-order chi connectivity index (χ0) is 35.3. The van der Waals surface area contributed by atoms with Crippen molar-refractivity contribution >= 4 is 17.5 Å². The van der Waals surface area contributed by atoms with Crippen molar-refractivity contribution in [3.63, 3.8) is 0 Å². The van der Waals surface area contributed by atoms with Crippen LogP contribution in [0.15, 0.2) is 79.4 Å². The highest BCUT2D eigenvalue weighted by molar-refractivity contribution is 6.00. The molecule has 1 N–H and O–H groups in total. The number of carbonyl (C=O) groups excluding carboxylic acids is 2. The topological polar surface area (TPSA) is 55.9 Å². The summed E-state index contributed by atoms with van der Waals surface area (Å²) in [5, 5.41) is 2.20. The second-order valence-corrected chi connectivity index (χ2v) is 13.8. The predicted octanol–water partition coefficient (Wildman–Crippen LogP) is 7.72. The number of piperazine rings is 1. The van der Waals surface area contributed by atoms with Gasteiger partial charge in [-0.15, -0.1) is 6.58 Å². The lowest BCUT2D eigenvalue weighted by molar-refractivity contribution is -0.141. The third kappa shape index (κ3) is 7.45. The average molecular weight is 691 g/mol. The molecular weight excluding hydrogens is 644 g/mol. The quantitative estimate of drug-likeness (QED) is 0.120. The van der Waals surface area contributed by atoms with Crippen LogP contribution in [0.2, 0.25) is 0 Å². The first-order valence-corrected chi connectivity index (χ1v) is 17.9. The van der Waals surface area contributed by atoms with Crippen LogP contribution in [0.4, 0.5) is 23.2 Å². The van der Waals surface area contributed by atoms with Crippen molar-refractivity contribution in [1.29, 1.82) is 0 Å². The normalized spacial score (nSPS) is 17.6. The van der Waals surface area contributed by atoms with E-state index in [1.165, 1.54) is 12.5 Å². The summed E-state index contributed by atoms with van der Waals surface area (Å²) in [6.45, 7) is 6.34. The monoisotopic (exact) mass is 690 g/mol. The molecule has 1 heterocycles. The number of amides is 2. The smallest absolute Gasteiger partial charge is 0.367 e. The molecule has 3 aromatic carbocycles. The highest BCUT2D eigenvalue weighted by atomic mass is 19.4. The maximum Gasteiger partial charge on any atom is 0.405 e. The molecular formula is C40H46F4N4O2. The van der Waals surface area contributed by atoms with Gasteiger partial charge >= 0.3 is 6.18 Å². The number of rotatable bonds is 12. The maximum absolute atomic E-state index is 15.5. The molecule has 3 aromatic rings. The summed E-state index contributed by atoms with van der Waals surface area (Å²) >= 11 is 0. The highest BCUT2D eigenvalue weighted by Crippen LogP contribution is 2.51. The van der Waals surface area contributed by atoms with Crippen molar-refractivity contribution in [3.05, 3.63) is 102 Å². The minimum Gasteiger partial charge on any atom is -0.367 e. The Bertz CT molecular complexity index is 1630. The van der Waals surface area contributed by atoms with Crippen molar-refractivity contribution in [1.82, 2.24) is 15.1 Å². The first kappa shape index (κ1) is 35.6. The Morgan fingerprint density at radius 2 is 1.54 bits per heavy atom. The molecule has 2 fully saturated rings. The summed E-state index contributed by atoms with van der Waals surface area (Å²) in [7, 11) is 0. The fourth-order valence-corrected chi connectivity index (χ4v) is 8.21. The van der Waals surface area contributed by atoms with E-state index in [0.717, 1.165) is 74.0 Å². The van der Waals surface area contributed by atoms with Crippen LogP contribution in [0.25, 0.3) is 11.1 Å². The second kappa shape index (κ2) is 15.4. The summed E-state index contributed by atoms with van der Waals surface area (Å²) in [5.74, 6) is -1.19. The van der Waals surface area contributed by atoms with Gasteiger partial charge in [0, 0.05) is 44.3 Å². The maximum atomic E-state index is 15.5. The average Bonchev–Trinajstić information content (AvgIpc) is 3.42. The van der Waals surface area contributed by atoms with Gasteiger partial charge in [-0.3, -0.25) is 14.5 Å². The molecule has 10 heteroatoms. The van der Waals surface area contributed by atoms with Gasteiger partial charge in [-0.1, -0.05) is 80.3 Å². The summed E-state index contributed by atoms with van der Waals surface area (Å²) in [5.41, 5.74) is 2.88. The van der Waals surface area contributed by atoms with Crippen molar-refractivity contribution < 1.29 is 27.2 Å². The van der Waals surface area contributed by atoms with Crippen LogP contribution < -0.4 is 10.2 Å². The number of unbranched alkanes of at least 4 members (excludes halogenated alkanes) is 1. The Labute approximate surface area is 292 Å². The number of fused-ring (bicyclic) bond motifs is 3. The van der Waals surface area contributed by atoms with E-state index in [1.54, 1.807) is 18.2 Å². The summed E-state index contributed by atoms with van der Waals surface area (Å²) in [4.78, 5) is 33.3. The number of halogens is 4. The lowest BCUT2D eigenvalue weighted by Crippen LogP contribution is -2.48.